The first-order valence-corrected chi connectivity index (χ1v) is 10.2. The summed E-state index contributed by atoms with van der Waals surface area (Å²) in [5.41, 5.74) is -2.18. The normalized spacial score (nSPS) is 18.3. The number of rotatable bonds is 6. The van der Waals surface area contributed by atoms with Gasteiger partial charge in [0.25, 0.3) is 5.60 Å². The minimum absolute atomic E-state index is 0.0518. The Bertz CT molecular complexity index is 978. The molecule has 166 valence electrons. The predicted molar refractivity (Wildman–Crippen MR) is 113 cm³/mol. The molecule has 1 heterocycles. The zero-order chi connectivity index (χ0) is 22.6. The summed E-state index contributed by atoms with van der Waals surface area (Å²) in [5.74, 6) is 0. The number of nitrogens with zero attached hydrogens (tertiary/aromatic N) is 1. The minimum atomic E-state index is -4.79. The summed E-state index contributed by atoms with van der Waals surface area (Å²) >= 11 is 11.8. The molecule has 2 aromatic carbocycles. The quantitative estimate of drug-likeness (QED) is 0.462. The third kappa shape index (κ3) is 5.25. The van der Waals surface area contributed by atoms with Crippen molar-refractivity contribution in [2.24, 2.45) is 5.16 Å². The van der Waals surface area contributed by atoms with Gasteiger partial charge in [-0.25, -0.2) is 4.79 Å². The number of hydrogen-bond donors (Lipinski definition) is 1. The number of carbonyl (C=O) groups excluding carboxylic acids is 1. The molecule has 0 saturated heterocycles. The van der Waals surface area contributed by atoms with Gasteiger partial charge in [0.15, 0.2) is 0 Å². The summed E-state index contributed by atoms with van der Waals surface area (Å²) in [7, 11) is 0. The Balaban J connectivity index is 1.83. The van der Waals surface area contributed by atoms with Crippen LogP contribution in [0.25, 0.3) is 0 Å². The second-order valence-corrected chi connectivity index (χ2v) is 7.86. The zero-order valence-electron chi connectivity index (χ0n) is 16.4. The van der Waals surface area contributed by atoms with E-state index in [0.717, 1.165) is 25.0 Å². The van der Waals surface area contributed by atoms with Crippen LogP contribution < -0.4 is 5.32 Å². The van der Waals surface area contributed by atoms with Crippen molar-refractivity contribution in [3.8, 4) is 0 Å². The van der Waals surface area contributed by atoms with E-state index in [9.17, 15) is 18.0 Å². The average Bonchev–Trinajstić information content (AvgIpc) is 3.15. The molecule has 0 aliphatic carbocycles. The highest BCUT2D eigenvalue weighted by molar-refractivity contribution is 6.34. The Morgan fingerprint density at radius 3 is 2.58 bits per heavy atom. The third-order valence-corrected chi connectivity index (χ3v) is 5.12. The number of nitrogens with one attached hydrogen (secondary N) is 1. The van der Waals surface area contributed by atoms with E-state index in [1.807, 2.05) is 6.92 Å². The summed E-state index contributed by atoms with van der Waals surface area (Å²) in [4.78, 5) is 16.8. The van der Waals surface area contributed by atoms with Crippen molar-refractivity contribution < 1.29 is 27.5 Å². The smallest absolute Gasteiger partial charge is 0.435 e. The molecule has 0 fully saturated rings. The van der Waals surface area contributed by atoms with Crippen LogP contribution in [0.3, 0.4) is 0 Å². The van der Waals surface area contributed by atoms with E-state index in [2.05, 4.69) is 10.5 Å². The highest BCUT2D eigenvalue weighted by Crippen LogP contribution is 2.49. The second-order valence-electron chi connectivity index (χ2n) is 6.98. The zero-order valence-corrected chi connectivity index (χ0v) is 17.9. The molecule has 2 aromatic rings. The molecule has 1 amide bonds. The van der Waals surface area contributed by atoms with Crippen molar-refractivity contribution in [2.75, 3.05) is 11.9 Å². The van der Waals surface area contributed by atoms with Crippen LogP contribution in [0.2, 0.25) is 10.0 Å². The van der Waals surface area contributed by atoms with Gasteiger partial charge >= 0.3 is 12.3 Å². The summed E-state index contributed by atoms with van der Waals surface area (Å²) in [6.45, 7) is 2.24. The third-order valence-electron chi connectivity index (χ3n) is 4.69. The fraction of sp³-hybridized carbons (Fsp3) is 0.333. The molecule has 0 bridgehead atoms. The average molecular weight is 475 g/mol. The van der Waals surface area contributed by atoms with E-state index >= 15 is 0 Å². The van der Waals surface area contributed by atoms with E-state index in [0.29, 0.717) is 11.3 Å². The lowest BCUT2D eigenvalue weighted by Gasteiger charge is -2.29. The van der Waals surface area contributed by atoms with E-state index in [1.54, 1.807) is 18.2 Å². The van der Waals surface area contributed by atoms with Gasteiger partial charge in [0.05, 0.1) is 12.3 Å². The van der Waals surface area contributed by atoms with Gasteiger partial charge in [-0.2, -0.15) is 13.2 Å². The largest absolute Gasteiger partial charge is 0.449 e. The van der Waals surface area contributed by atoms with Crippen molar-refractivity contribution in [3.63, 3.8) is 0 Å². The molecule has 3 rings (SSSR count). The number of hydrogen-bond acceptors (Lipinski definition) is 4. The van der Waals surface area contributed by atoms with Gasteiger partial charge in [0, 0.05) is 33.3 Å². The van der Waals surface area contributed by atoms with Gasteiger partial charge in [0.2, 0.25) is 0 Å². The van der Waals surface area contributed by atoms with Crippen LogP contribution in [0, 0.1) is 0 Å². The van der Waals surface area contributed by atoms with Gasteiger partial charge in [-0.15, -0.1) is 0 Å². The Morgan fingerprint density at radius 2 is 1.94 bits per heavy atom. The molecule has 10 heteroatoms. The number of anilines is 1. The minimum Gasteiger partial charge on any atom is -0.449 e. The van der Waals surface area contributed by atoms with E-state index in [-0.39, 0.29) is 27.9 Å². The summed E-state index contributed by atoms with van der Waals surface area (Å²) in [5, 5.41) is 6.36. The van der Waals surface area contributed by atoms with Gasteiger partial charge in [-0.3, -0.25) is 5.32 Å². The van der Waals surface area contributed by atoms with Gasteiger partial charge < -0.3 is 9.57 Å². The van der Waals surface area contributed by atoms with Crippen LogP contribution in [0.1, 0.15) is 37.3 Å². The molecule has 1 N–H and O–H groups in total. The number of halogens is 5. The maximum absolute atomic E-state index is 14.1. The van der Waals surface area contributed by atoms with Crippen LogP contribution in [-0.4, -0.2) is 24.6 Å². The second kappa shape index (κ2) is 9.36. The van der Waals surface area contributed by atoms with Crippen LogP contribution in [-0.2, 0) is 15.2 Å². The standard InChI is InChI=1S/C21H19Cl2F3N2O3/c1-2-3-7-30-19(29)27-17-6-4-5-13(8-17)18-12-20(31-28-18,21(24,25)26)14-9-15(22)11-16(23)10-14/h4-6,8-11H,2-3,7,12H2,1H3,(H,27,29). The number of ether oxygens (including phenoxy) is 1. The van der Waals surface area contributed by atoms with Crippen LogP contribution in [0.15, 0.2) is 47.6 Å². The van der Waals surface area contributed by atoms with E-state index in [4.69, 9.17) is 32.8 Å². The number of carbonyl (C=O) groups is 1. The summed E-state index contributed by atoms with van der Waals surface area (Å²) in [6, 6.07) is 9.90. The van der Waals surface area contributed by atoms with Crippen molar-refractivity contribution >= 4 is 40.7 Å². The molecule has 0 saturated carbocycles. The lowest BCUT2D eigenvalue weighted by Crippen LogP contribution is -2.42. The van der Waals surface area contributed by atoms with Gasteiger partial charge in [-0.05, 0) is 36.8 Å². The van der Waals surface area contributed by atoms with Crippen LogP contribution in [0.5, 0.6) is 0 Å². The fourth-order valence-electron chi connectivity index (χ4n) is 3.09. The van der Waals surface area contributed by atoms with E-state index < -0.39 is 24.3 Å². The maximum atomic E-state index is 14.1. The number of alkyl halides is 3. The lowest BCUT2D eigenvalue weighted by molar-refractivity contribution is -0.275. The summed E-state index contributed by atoms with van der Waals surface area (Å²) < 4.78 is 47.3. The molecular formula is C21H19Cl2F3N2O3. The monoisotopic (exact) mass is 474 g/mol. The Labute approximate surface area is 187 Å². The maximum Gasteiger partial charge on any atom is 0.435 e. The van der Waals surface area contributed by atoms with E-state index in [1.165, 1.54) is 12.1 Å². The molecule has 1 unspecified atom stereocenters. The molecule has 1 aliphatic heterocycles. The molecule has 0 spiro atoms. The van der Waals surface area contributed by atoms with Crippen molar-refractivity contribution in [2.45, 2.75) is 38.0 Å². The molecule has 0 radical (unpaired) electrons. The number of unbranched alkanes of at least 4 members (excludes halogenated alkanes) is 1. The molecule has 0 aromatic heterocycles. The molecule has 5 nitrogen and oxygen atoms in total. The molecule has 1 atom stereocenters. The number of benzene rings is 2. The first-order valence-electron chi connectivity index (χ1n) is 9.47. The predicted octanol–water partition coefficient (Wildman–Crippen LogP) is 6.92. The molecular weight excluding hydrogens is 456 g/mol. The highest BCUT2D eigenvalue weighted by Gasteiger charge is 2.62. The van der Waals surface area contributed by atoms with Gasteiger partial charge in [0.1, 0.15) is 0 Å². The number of oxime groups is 1. The first-order chi connectivity index (χ1) is 14.6. The number of amides is 1. The summed E-state index contributed by atoms with van der Waals surface area (Å²) in [6.07, 6.45) is -4.41. The van der Waals surface area contributed by atoms with Crippen molar-refractivity contribution in [1.82, 2.24) is 0 Å². The van der Waals surface area contributed by atoms with Crippen molar-refractivity contribution in [3.05, 3.63) is 63.6 Å². The first kappa shape index (κ1) is 23.2. The van der Waals surface area contributed by atoms with Gasteiger partial charge in [-0.1, -0.05) is 53.8 Å². The topological polar surface area (TPSA) is 59.9 Å². The highest BCUT2D eigenvalue weighted by atomic mass is 35.5. The molecule has 1 aliphatic rings. The Hall–Kier alpha value is -2.45. The van der Waals surface area contributed by atoms with Crippen LogP contribution in [0.4, 0.5) is 23.7 Å². The Kier molecular flexibility index (Phi) is 7.01. The van der Waals surface area contributed by atoms with Crippen LogP contribution >= 0.6 is 23.2 Å². The molecule has 31 heavy (non-hydrogen) atoms. The lowest BCUT2D eigenvalue weighted by atomic mass is 9.86. The fourth-order valence-corrected chi connectivity index (χ4v) is 3.61. The Morgan fingerprint density at radius 1 is 1.23 bits per heavy atom. The van der Waals surface area contributed by atoms with Crippen molar-refractivity contribution in [1.29, 1.82) is 0 Å². The SMILES string of the molecule is CCCCOC(=O)Nc1cccc(C2=NOC(c3cc(Cl)cc(Cl)c3)(C(F)(F)F)C2)c1.